The van der Waals surface area contributed by atoms with Crippen molar-refractivity contribution in [1.29, 1.82) is 0 Å². The molecule has 1 aliphatic heterocycles. The van der Waals surface area contributed by atoms with Gasteiger partial charge in [-0.05, 0) is 12.8 Å². The maximum absolute atomic E-state index is 11.6. The molecule has 1 aliphatic rings. The molecular formula is C22H37ClN3O3S+. The van der Waals surface area contributed by atoms with Crippen molar-refractivity contribution in [3.8, 4) is 5.88 Å². The van der Waals surface area contributed by atoms with Crippen LogP contribution in [0.15, 0.2) is 6.08 Å². The summed E-state index contributed by atoms with van der Waals surface area (Å²) in [6.07, 6.45) is 12.9. The Morgan fingerprint density at radius 3 is 2.60 bits per heavy atom. The number of unbranched alkanes of at least 4 members (excludes halogenated alkanes) is 6. The Balaban J connectivity index is 2.03. The molecule has 0 radical (unpaired) electrons. The average Bonchev–Trinajstić information content (AvgIpc) is 3.18. The zero-order chi connectivity index (χ0) is 21.8. The summed E-state index contributed by atoms with van der Waals surface area (Å²) in [5.41, 5.74) is 1.23. The van der Waals surface area contributed by atoms with Gasteiger partial charge in [0.25, 0.3) is 5.88 Å². The van der Waals surface area contributed by atoms with Crippen LogP contribution in [0.1, 0.15) is 83.7 Å². The Bertz CT molecular complexity index is 682. The fourth-order valence-electron chi connectivity index (χ4n) is 4.00. The summed E-state index contributed by atoms with van der Waals surface area (Å²) in [6.45, 7) is 6.68. The van der Waals surface area contributed by atoms with Crippen LogP contribution < -0.4 is 4.74 Å². The lowest BCUT2D eigenvalue weighted by Crippen LogP contribution is -2.56. The number of hydrogen-bond donors (Lipinski definition) is 0. The summed E-state index contributed by atoms with van der Waals surface area (Å²) in [5.74, 6) is 0.630. The van der Waals surface area contributed by atoms with Gasteiger partial charge < -0.3 is 9.47 Å². The van der Waals surface area contributed by atoms with Crippen LogP contribution in [0, 0.1) is 0 Å². The minimum atomic E-state index is -0.725. The van der Waals surface area contributed by atoms with Gasteiger partial charge in [0.2, 0.25) is 6.23 Å². The summed E-state index contributed by atoms with van der Waals surface area (Å²) in [6, 6.07) is 0. The third kappa shape index (κ3) is 7.82. The lowest BCUT2D eigenvalue weighted by atomic mass is 10.0. The lowest BCUT2D eigenvalue weighted by Gasteiger charge is -2.42. The standard InChI is InChI=1S/C22H37ClN3O3S/c1-4-6-8-10-14-19(29-22(23)27)26(3)15-12-13-18(17-26)20-21(25-30-24-20)28-16-11-9-7-5-2/h13,19H,4-12,14-17H2,1-3H3/q+1. The van der Waals surface area contributed by atoms with E-state index in [1.165, 1.54) is 43.8 Å². The van der Waals surface area contributed by atoms with Gasteiger partial charge in [0.1, 0.15) is 12.2 Å². The Labute approximate surface area is 190 Å². The maximum atomic E-state index is 11.6. The molecule has 0 N–H and O–H groups in total. The van der Waals surface area contributed by atoms with Gasteiger partial charge in [-0.15, -0.1) is 4.37 Å². The first kappa shape index (κ1) is 25.1. The van der Waals surface area contributed by atoms with E-state index >= 15 is 0 Å². The third-order valence-corrected chi connectivity index (χ3v) is 6.39. The quantitative estimate of drug-likeness (QED) is 0.183. The molecule has 0 fully saturated rings. The highest BCUT2D eigenvalue weighted by Gasteiger charge is 2.39. The highest BCUT2D eigenvalue weighted by molar-refractivity contribution is 6.99. The zero-order valence-electron chi connectivity index (χ0n) is 18.7. The largest absolute Gasteiger partial charge is 0.475 e. The van der Waals surface area contributed by atoms with Crippen LogP contribution in [0.4, 0.5) is 4.79 Å². The fourth-order valence-corrected chi connectivity index (χ4v) is 4.64. The van der Waals surface area contributed by atoms with Crippen LogP contribution in [-0.4, -0.2) is 51.6 Å². The van der Waals surface area contributed by atoms with Gasteiger partial charge in [-0.1, -0.05) is 58.4 Å². The normalized spacial score (nSPS) is 19.9. The fraction of sp³-hybridized carbons (Fsp3) is 0.773. The van der Waals surface area contributed by atoms with Gasteiger partial charge in [-0.2, -0.15) is 4.37 Å². The molecule has 1 aromatic heterocycles. The van der Waals surface area contributed by atoms with Crippen LogP contribution in [0.5, 0.6) is 5.88 Å². The highest BCUT2D eigenvalue weighted by Crippen LogP contribution is 2.33. The molecule has 30 heavy (non-hydrogen) atoms. The van der Waals surface area contributed by atoms with Gasteiger partial charge >= 0.3 is 5.43 Å². The van der Waals surface area contributed by atoms with Crippen molar-refractivity contribution < 1.29 is 18.8 Å². The summed E-state index contributed by atoms with van der Waals surface area (Å²) < 4.78 is 21.0. The van der Waals surface area contributed by atoms with E-state index in [9.17, 15) is 4.79 Å². The van der Waals surface area contributed by atoms with Crippen LogP contribution in [0.25, 0.3) is 5.57 Å². The Hall–Kier alpha value is -1.18. The molecule has 0 saturated carbocycles. The number of quaternary nitrogens is 1. The van der Waals surface area contributed by atoms with Crippen molar-refractivity contribution in [3.63, 3.8) is 0 Å². The van der Waals surface area contributed by atoms with E-state index in [0.29, 0.717) is 17.0 Å². The number of nitrogens with zero attached hydrogens (tertiary/aromatic N) is 3. The summed E-state index contributed by atoms with van der Waals surface area (Å²) >= 11 is 6.81. The Morgan fingerprint density at radius 1 is 1.17 bits per heavy atom. The smallest absolute Gasteiger partial charge is 0.408 e. The minimum absolute atomic E-state index is 0.249. The predicted molar refractivity (Wildman–Crippen MR) is 123 cm³/mol. The second-order valence-corrected chi connectivity index (χ2v) is 9.20. The first-order chi connectivity index (χ1) is 14.5. The molecule has 6 nitrogen and oxygen atoms in total. The summed E-state index contributed by atoms with van der Waals surface area (Å²) in [4.78, 5) is 11.6. The molecule has 2 rings (SSSR count). The molecule has 0 aliphatic carbocycles. The third-order valence-electron chi connectivity index (χ3n) is 5.79. The van der Waals surface area contributed by atoms with E-state index in [1.54, 1.807) is 0 Å². The maximum Gasteiger partial charge on any atom is 0.408 e. The van der Waals surface area contributed by atoms with E-state index < -0.39 is 5.43 Å². The van der Waals surface area contributed by atoms with Crippen LogP contribution in [0.3, 0.4) is 0 Å². The molecule has 2 atom stereocenters. The molecule has 0 amide bonds. The molecular weight excluding hydrogens is 422 g/mol. The van der Waals surface area contributed by atoms with Crippen LogP contribution in [0.2, 0.25) is 0 Å². The van der Waals surface area contributed by atoms with E-state index in [0.717, 1.165) is 56.5 Å². The van der Waals surface area contributed by atoms with Crippen molar-refractivity contribution in [2.45, 2.75) is 84.3 Å². The number of carbonyl (C=O) groups is 1. The van der Waals surface area contributed by atoms with Gasteiger partial charge in [0.05, 0.1) is 31.9 Å². The zero-order valence-corrected chi connectivity index (χ0v) is 20.3. The van der Waals surface area contributed by atoms with Crippen molar-refractivity contribution in [2.24, 2.45) is 0 Å². The molecule has 8 heteroatoms. The topological polar surface area (TPSA) is 61.3 Å². The van der Waals surface area contributed by atoms with E-state index in [-0.39, 0.29) is 6.23 Å². The molecule has 170 valence electrons. The number of likely N-dealkylation sites (N-methyl/N-ethyl adjacent to an activating group) is 1. The molecule has 0 bridgehead atoms. The molecule has 2 heterocycles. The molecule has 2 unspecified atom stereocenters. The highest BCUT2D eigenvalue weighted by atomic mass is 35.5. The summed E-state index contributed by atoms with van der Waals surface area (Å²) in [5, 5.41) is 0. The summed E-state index contributed by atoms with van der Waals surface area (Å²) in [7, 11) is 2.14. The van der Waals surface area contributed by atoms with Crippen molar-refractivity contribution in [1.82, 2.24) is 8.75 Å². The number of hydrogen-bond acceptors (Lipinski definition) is 6. The number of halogens is 1. The van der Waals surface area contributed by atoms with Gasteiger partial charge in [0.15, 0.2) is 0 Å². The Morgan fingerprint density at radius 2 is 1.90 bits per heavy atom. The first-order valence-corrected chi connectivity index (χ1v) is 12.5. The van der Waals surface area contributed by atoms with Crippen LogP contribution in [-0.2, 0) is 4.74 Å². The van der Waals surface area contributed by atoms with Crippen molar-refractivity contribution in [2.75, 3.05) is 26.7 Å². The van der Waals surface area contributed by atoms with E-state index in [1.807, 2.05) is 0 Å². The predicted octanol–water partition coefficient (Wildman–Crippen LogP) is 6.40. The van der Waals surface area contributed by atoms with Crippen molar-refractivity contribution in [3.05, 3.63) is 11.8 Å². The van der Waals surface area contributed by atoms with E-state index in [2.05, 4.69) is 35.7 Å². The number of carbonyl (C=O) groups excluding carboxylic acids is 1. The van der Waals surface area contributed by atoms with Gasteiger partial charge in [0, 0.05) is 30.0 Å². The number of rotatable bonds is 14. The lowest BCUT2D eigenvalue weighted by molar-refractivity contribution is -0.946. The SMILES string of the molecule is CCCCCCOc1nsnc1C1=CCC[N+](C)(C(CCCCCC)OC(=O)Cl)C1. The molecule has 0 spiro atoms. The number of ether oxygens (including phenoxy) is 2. The second kappa shape index (κ2) is 13.3. The second-order valence-electron chi connectivity index (χ2n) is 8.37. The number of aromatic nitrogens is 2. The first-order valence-electron chi connectivity index (χ1n) is 11.3. The average molecular weight is 459 g/mol. The van der Waals surface area contributed by atoms with E-state index in [4.69, 9.17) is 21.1 Å². The van der Waals surface area contributed by atoms with Crippen LogP contribution >= 0.6 is 23.3 Å². The molecule has 1 aromatic rings. The molecule has 0 aromatic carbocycles. The van der Waals surface area contributed by atoms with Gasteiger partial charge in [-0.3, -0.25) is 4.48 Å². The monoisotopic (exact) mass is 458 g/mol. The van der Waals surface area contributed by atoms with Gasteiger partial charge in [-0.25, -0.2) is 4.79 Å². The molecule has 0 saturated heterocycles. The Kier molecular flexibility index (Phi) is 11.1. The van der Waals surface area contributed by atoms with Crippen molar-refractivity contribution >= 4 is 34.3 Å². The minimum Gasteiger partial charge on any atom is -0.475 e.